The van der Waals surface area contributed by atoms with Crippen molar-refractivity contribution in [3.05, 3.63) is 36.0 Å². The number of amides is 1. The molecule has 1 aromatic carbocycles. The number of aryl methyl sites for hydroxylation is 1. The number of hydrogen-bond donors (Lipinski definition) is 1. The molecule has 0 spiro atoms. The smallest absolute Gasteiger partial charge is 0.258 e. The highest BCUT2D eigenvalue weighted by Crippen LogP contribution is 2.29. The Labute approximate surface area is 197 Å². The van der Waals surface area contributed by atoms with Gasteiger partial charge in [0, 0.05) is 24.9 Å². The second-order valence-corrected chi connectivity index (χ2v) is 9.70. The van der Waals surface area contributed by atoms with Crippen LogP contribution in [0.15, 0.2) is 35.6 Å². The number of carbonyl (C=O) groups excluding carboxylic acids is 1. The Morgan fingerprint density at radius 3 is 2.85 bits per heavy atom. The molecule has 1 aliphatic heterocycles. The van der Waals surface area contributed by atoms with Crippen molar-refractivity contribution in [2.75, 3.05) is 44.4 Å². The number of carbonyl (C=O) groups is 1. The molecule has 1 saturated heterocycles. The second-order valence-electron chi connectivity index (χ2n) is 8.16. The van der Waals surface area contributed by atoms with Crippen molar-refractivity contribution in [2.24, 2.45) is 0 Å². The Balaban J connectivity index is 1.42. The van der Waals surface area contributed by atoms with Gasteiger partial charge in [-0.1, -0.05) is 37.7 Å². The minimum Gasteiger partial charge on any atom is -0.484 e. The molecule has 10 heteroatoms. The van der Waals surface area contributed by atoms with E-state index >= 15 is 0 Å². The summed E-state index contributed by atoms with van der Waals surface area (Å²) in [6.45, 7) is 10.1. The molecule has 33 heavy (non-hydrogen) atoms. The van der Waals surface area contributed by atoms with Gasteiger partial charge in [0.2, 0.25) is 0 Å². The molecule has 1 fully saturated rings. The van der Waals surface area contributed by atoms with Crippen LogP contribution in [0.2, 0.25) is 0 Å². The molecule has 0 atom stereocenters. The van der Waals surface area contributed by atoms with E-state index < -0.39 is 0 Å². The fraction of sp³-hybridized carbons (Fsp3) is 0.478. The summed E-state index contributed by atoms with van der Waals surface area (Å²) in [6, 6.07) is 7.64. The summed E-state index contributed by atoms with van der Waals surface area (Å²) in [7, 11) is 0. The van der Waals surface area contributed by atoms with Crippen molar-refractivity contribution in [1.82, 2.24) is 25.1 Å². The number of rotatable bonds is 9. The average Bonchev–Trinajstić information content (AvgIpc) is 3.20. The lowest BCUT2D eigenvalue weighted by atomic mass is 10.2. The van der Waals surface area contributed by atoms with Gasteiger partial charge in [-0.05, 0) is 24.6 Å². The van der Waals surface area contributed by atoms with Gasteiger partial charge in [0.05, 0.1) is 31.3 Å². The molecule has 0 radical (unpaired) electrons. The topological polar surface area (TPSA) is 94.4 Å². The summed E-state index contributed by atoms with van der Waals surface area (Å²) in [5, 5.41) is 9.44. The van der Waals surface area contributed by atoms with Crippen molar-refractivity contribution < 1.29 is 14.3 Å². The predicted molar refractivity (Wildman–Crippen MR) is 129 cm³/mol. The fourth-order valence-corrected chi connectivity index (χ4v) is 4.27. The molecule has 0 unspecified atom stereocenters. The molecule has 0 saturated carbocycles. The van der Waals surface area contributed by atoms with Gasteiger partial charge >= 0.3 is 0 Å². The highest BCUT2D eigenvalue weighted by molar-refractivity contribution is 7.99. The van der Waals surface area contributed by atoms with Crippen LogP contribution in [0.4, 0.5) is 5.82 Å². The van der Waals surface area contributed by atoms with Crippen molar-refractivity contribution >= 4 is 34.5 Å². The van der Waals surface area contributed by atoms with Crippen LogP contribution in [0.3, 0.4) is 0 Å². The number of aromatic nitrogens is 4. The van der Waals surface area contributed by atoms with Crippen LogP contribution in [-0.2, 0) is 16.1 Å². The molecule has 0 bridgehead atoms. The van der Waals surface area contributed by atoms with Crippen molar-refractivity contribution in [2.45, 2.75) is 37.7 Å². The van der Waals surface area contributed by atoms with E-state index in [1.54, 1.807) is 11.8 Å². The van der Waals surface area contributed by atoms with Crippen molar-refractivity contribution in [3.8, 4) is 5.75 Å². The van der Waals surface area contributed by atoms with E-state index in [9.17, 15) is 4.79 Å². The third kappa shape index (κ3) is 6.14. The maximum absolute atomic E-state index is 12.2. The van der Waals surface area contributed by atoms with Crippen molar-refractivity contribution in [1.29, 1.82) is 0 Å². The fourth-order valence-electron chi connectivity index (χ4n) is 3.57. The highest BCUT2D eigenvalue weighted by Gasteiger charge is 2.20. The average molecular weight is 471 g/mol. The Morgan fingerprint density at radius 2 is 2.09 bits per heavy atom. The third-order valence-electron chi connectivity index (χ3n) is 5.11. The largest absolute Gasteiger partial charge is 0.484 e. The minimum absolute atomic E-state index is 0.0260. The van der Waals surface area contributed by atoms with Crippen LogP contribution in [0.1, 0.15) is 19.4 Å². The summed E-state index contributed by atoms with van der Waals surface area (Å²) < 4.78 is 12.9. The zero-order chi connectivity index (χ0) is 23.2. The Morgan fingerprint density at radius 1 is 1.27 bits per heavy atom. The van der Waals surface area contributed by atoms with Crippen LogP contribution in [0.5, 0.6) is 5.75 Å². The van der Waals surface area contributed by atoms with Gasteiger partial charge in [-0.3, -0.25) is 4.79 Å². The molecular weight excluding hydrogens is 440 g/mol. The molecule has 1 amide bonds. The van der Waals surface area contributed by atoms with Crippen LogP contribution in [0.25, 0.3) is 11.0 Å². The lowest BCUT2D eigenvalue weighted by Gasteiger charge is -2.28. The normalized spacial score (nSPS) is 14.1. The second kappa shape index (κ2) is 10.8. The van der Waals surface area contributed by atoms with Crippen molar-refractivity contribution in [3.63, 3.8) is 0 Å². The van der Waals surface area contributed by atoms with E-state index in [0.717, 1.165) is 40.7 Å². The van der Waals surface area contributed by atoms with Gasteiger partial charge in [-0.25, -0.2) is 14.6 Å². The zero-order valence-electron chi connectivity index (χ0n) is 19.3. The van der Waals surface area contributed by atoms with Crippen LogP contribution in [-0.4, -0.2) is 70.4 Å². The summed E-state index contributed by atoms with van der Waals surface area (Å²) in [6.07, 6.45) is 1.81. The number of thioether (sulfide) groups is 1. The molecule has 1 N–H and O–H groups in total. The highest BCUT2D eigenvalue weighted by atomic mass is 32.2. The standard InChI is InChI=1S/C23H30N6O3S/c1-16(2)33-23-26-21(28-9-11-31-12-10-28)19-14-25-29(22(19)27-23)8-7-24-20(30)15-32-18-6-4-5-17(3)13-18/h4-6,13-14,16H,7-12,15H2,1-3H3,(H,24,30). The number of anilines is 1. The maximum Gasteiger partial charge on any atom is 0.258 e. The van der Waals surface area contributed by atoms with Crippen LogP contribution >= 0.6 is 11.8 Å². The number of hydrogen-bond acceptors (Lipinski definition) is 8. The van der Waals surface area contributed by atoms with Gasteiger partial charge in [0.1, 0.15) is 11.6 Å². The monoisotopic (exact) mass is 470 g/mol. The molecule has 1 aliphatic rings. The zero-order valence-corrected chi connectivity index (χ0v) is 20.1. The first-order chi connectivity index (χ1) is 16.0. The Bertz CT molecular complexity index is 1100. The Hall–Kier alpha value is -2.85. The van der Waals surface area contributed by atoms with E-state index in [1.807, 2.05) is 42.1 Å². The Kier molecular flexibility index (Phi) is 7.66. The van der Waals surface area contributed by atoms with E-state index in [1.165, 1.54) is 0 Å². The van der Waals surface area contributed by atoms with Gasteiger partial charge in [-0.2, -0.15) is 5.10 Å². The number of morpholine rings is 1. The van der Waals surface area contributed by atoms with Crippen LogP contribution in [0, 0.1) is 6.92 Å². The minimum atomic E-state index is -0.173. The first-order valence-electron chi connectivity index (χ1n) is 11.2. The van der Waals surface area contributed by atoms with Crippen LogP contribution < -0.4 is 15.0 Å². The number of ether oxygens (including phenoxy) is 2. The quantitative estimate of drug-likeness (QED) is 0.377. The molecule has 3 heterocycles. The molecular formula is C23H30N6O3S. The van der Waals surface area contributed by atoms with E-state index in [-0.39, 0.29) is 12.5 Å². The summed E-state index contributed by atoms with van der Waals surface area (Å²) in [5.41, 5.74) is 1.87. The van der Waals surface area contributed by atoms with E-state index in [0.29, 0.717) is 37.3 Å². The first kappa shape index (κ1) is 23.3. The number of benzene rings is 1. The van der Waals surface area contributed by atoms with E-state index in [2.05, 4.69) is 29.2 Å². The van der Waals surface area contributed by atoms with Gasteiger partial charge in [0.25, 0.3) is 5.91 Å². The molecule has 0 aliphatic carbocycles. The summed E-state index contributed by atoms with van der Waals surface area (Å²) in [5.74, 6) is 1.41. The molecule has 3 aromatic rings. The lowest BCUT2D eigenvalue weighted by molar-refractivity contribution is -0.123. The summed E-state index contributed by atoms with van der Waals surface area (Å²) >= 11 is 1.63. The lowest BCUT2D eigenvalue weighted by Crippen LogP contribution is -2.37. The number of fused-ring (bicyclic) bond motifs is 1. The molecule has 4 rings (SSSR count). The molecule has 2 aromatic heterocycles. The molecule has 9 nitrogen and oxygen atoms in total. The summed E-state index contributed by atoms with van der Waals surface area (Å²) in [4.78, 5) is 24.0. The van der Waals surface area contributed by atoms with E-state index in [4.69, 9.17) is 19.4 Å². The maximum atomic E-state index is 12.2. The first-order valence-corrected chi connectivity index (χ1v) is 12.1. The predicted octanol–water partition coefficient (Wildman–Crippen LogP) is 2.67. The number of nitrogens with zero attached hydrogens (tertiary/aromatic N) is 5. The third-order valence-corrected chi connectivity index (χ3v) is 5.98. The SMILES string of the molecule is Cc1cccc(OCC(=O)NCCn2ncc3c(N4CCOCC4)nc(SC(C)C)nc32)c1. The van der Waals surface area contributed by atoms with Gasteiger partial charge in [0.15, 0.2) is 17.4 Å². The van der Waals surface area contributed by atoms with Gasteiger partial charge in [-0.15, -0.1) is 0 Å². The number of nitrogens with one attached hydrogen (secondary N) is 1. The molecule has 176 valence electrons. The van der Waals surface area contributed by atoms with Gasteiger partial charge < -0.3 is 19.7 Å².